The van der Waals surface area contributed by atoms with Gasteiger partial charge >= 0.3 is 0 Å². The first kappa shape index (κ1) is 19.8. The van der Waals surface area contributed by atoms with Crippen LogP contribution >= 0.6 is 0 Å². The molecule has 9 nitrogen and oxygen atoms in total. The van der Waals surface area contributed by atoms with Crippen molar-refractivity contribution in [2.45, 2.75) is 6.04 Å². The van der Waals surface area contributed by atoms with Crippen molar-refractivity contribution in [3.05, 3.63) is 53.8 Å². The van der Waals surface area contributed by atoms with Crippen LogP contribution in [0.4, 0.5) is 10.1 Å². The lowest BCUT2D eigenvalue weighted by molar-refractivity contribution is -0.134. The van der Waals surface area contributed by atoms with Crippen LogP contribution in [-0.4, -0.2) is 76.1 Å². The average Bonchev–Trinajstić information content (AvgIpc) is 3.25. The van der Waals surface area contributed by atoms with E-state index in [0.29, 0.717) is 42.8 Å². The molecule has 156 valence electrons. The van der Waals surface area contributed by atoms with E-state index >= 15 is 0 Å². The normalized spacial score (nSPS) is 15.3. The summed E-state index contributed by atoms with van der Waals surface area (Å²) >= 11 is 0. The maximum absolute atomic E-state index is 13.1. The molecular formula is C20H21FN6O3. The lowest BCUT2D eigenvalue weighted by Gasteiger charge is -2.37. The van der Waals surface area contributed by atoms with Gasteiger partial charge in [0, 0.05) is 37.4 Å². The van der Waals surface area contributed by atoms with Gasteiger partial charge in [-0.1, -0.05) is 0 Å². The third-order valence-corrected chi connectivity index (χ3v) is 5.15. The molecule has 3 N–H and O–H groups in total. The third-order valence-electron chi connectivity index (χ3n) is 5.15. The van der Waals surface area contributed by atoms with Gasteiger partial charge in [0.25, 0.3) is 5.91 Å². The quantitative estimate of drug-likeness (QED) is 0.564. The summed E-state index contributed by atoms with van der Waals surface area (Å²) in [5.74, 6) is -1.11. The highest BCUT2D eigenvalue weighted by molar-refractivity contribution is 5.99. The van der Waals surface area contributed by atoms with Crippen LogP contribution in [0.25, 0.3) is 11.0 Å². The molecule has 1 unspecified atom stereocenters. The summed E-state index contributed by atoms with van der Waals surface area (Å²) < 4.78 is 13.1. The van der Waals surface area contributed by atoms with Gasteiger partial charge in [-0.3, -0.25) is 9.59 Å². The molecule has 1 aromatic heterocycles. The molecule has 3 aromatic rings. The van der Waals surface area contributed by atoms with E-state index in [1.807, 2.05) is 0 Å². The summed E-state index contributed by atoms with van der Waals surface area (Å²) in [5, 5.41) is 22.6. The van der Waals surface area contributed by atoms with Crippen LogP contribution in [0.3, 0.4) is 0 Å². The second kappa shape index (κ2) is 8.46. The van der Waals surface area contributed by atoms with Crippen molar-refractivity contribution in [1.82, 2.24) is 25.6 Å². The zero-order valence-electron chi connectivity index (χ0n) is 16.1. The molecule has 0 spiro atoms. The van der Waals surface area contributed by atoms with E-state index < -0.39 is 18.6 Å². The van der Waals surface area contributed by atoms with Gasteiger partial charge in [-0.05, 0) is 42.5 Å². The number of piperazine rings is 1. The molecular weight excluding hydrogens is 391 g/mol. The molecule has 10 heteroatoms. The maximum atomic E-state index is 13.1. The number of aliphatic hydroxyl groups excluding tert-OH is 1. The molecule has 1 aliphatic rings. The molecule has 1 atom stereocenters. The standard InChI is InChI=1S/C20H21FN6O3/c21-14-2-4-15(5-3-14)26-7-9-27(10-8-26)20(30)18(12-28)22-19(29)13-1-6-16-17(11-13)24-25-23-16/h1-6,11,18,28H,7-10,12H2,(H,22,29)(H,23,24,25). The minimum absolute atomic E-state index is 0.295. The fourth-order valence-electron chi connectivity index (χ4n) is 3.47. The Balaban J connectivity index is 1.36. The van der Waals surface area contributed by atoms with E-state index in [0.717, 1.165) is 5.69 Å². The molecule has 1 fully saturated rings. The zero-order valence-corrected chi connectivity index (χ0v) is 16.1. The SMILES string of the molecule is O=C(NC(CO)C(=O)N1CCN(c2ccc(F)cc2)CC1)c1ccc2n[nH]nc2c1. The first-order valence-electron chi connectivity index (χ1n) is 9.57. The van der Waals surface area contributed by atoms with Gasteiger partial charge < -0.3 is 20.2 Å². The Morgan fingerprint density at radius 1 is 1.07 bits per heavy atom. The van der Waals surface area contributed by atoms with Crippen molar-refractivity contribution < 1.29 is 19.1 Å². The van der Waals surface area contributed by atoms with Crippen molar-refractivity contribution >= 4 is 28.5 Å². The van der Waals surface area contributed by atoms with Gasteiger partial charge in [-0.2, -0.15) is 15.4 Å². The van der Waals surface area contributed by atoms with Crippen molar-refractivity contribution in [2.24, 2.45) is 0 Å². The number of anilines is 1. The second-order valence-electron chi connectivity index (χ2n) is 7.02. The van der Waals surface area contributed by atoms with E-state index in [1.54, 1.807) is 35.2 Å². The van der Waals surface area contributed by atoms with Crippen LogP contribution < -0.4 is 10.2 Å². The molecule has 0 bridgehead atoms. The lowest BCUT2D eigenvalue weighted by atomic mass is 10.1. The smallest absolute Gasteiger partial charge is 0.252 e. The number of fused-ring (bicyclic) bond motifs is 1. The predicted molar refractivity (Wildman–Crippen MR) is 107 cm³/mol. The number of benzene rings is 2. The minimum atomic E-state index is -1.04. The van der Waals surface area contributed by atoms with Crippen molar-refractivity contribution in [1.29, 1.82) is 0 Å². The van der Waals surface area contributed by atoms with E-state index in [9.17, 15) is 19.1 Å². The Kier molecular flexibility index (Phi) is 5.57. The van der Waals surface area contributed by atoms with Crippen LogP contribution in [0.15, 0.2) is 42.5 Å². The summed E-state index contributed by atoms with van der Waals surface area (Å²) in [6.45, 7) is 1.52. The number of aromatic nitrogens is 3. The molecule has 1 aliphatic heterocycles. The van der Waals surface area contributed by atoms with Crippen LogP contribution in [-0.2, 0) is 4.79 Å². The second-order valence-corrected chi connectivity index (χ2v) is 7.02. The molecule has 4 rings (SSSR count). The monoisotopic (exact) mass is 412 g/mol. The number of nitrogens with zero attached hydrogens (tertiary/aromatic N) is 4. The largest absolute Gasteiger partial charge is 0.394 e. The summed E-state index contributed by atoms with van der Waals surface area (Å²) in [6, 6.07) is 9.97. The number of hydrogen-bond acceptors (Lipinski definition) is 6. The molecule has 2 heterocycles. The highest BCUT2D eigenvalue weighted by atomic mass is 19.1. The Morgan fingerprint density at radius 2 is 1.77 bits per heavy atom. The van der Waals surface area contributed by atoms with Gasteiger partial charge in [-0.25, -0.2) is 4.39 Å². The molecule has 30 heavy (non-hydrogen) atoms. The molecule has 0 saturated carbocycles. The van der Waals surface area contributed by atoms with Gasteiger partial charge in [0.15, 0.2) is 0 Å². The van der Waals surface area contributed by atoms with Gasteiger partial charge in [0.05, 0.1) is 6.61 Å². The number of nitrogens with one attached hydrogen (secondary N) is 2. The zero-order chi connectivity index (χ0) is 21.1. The fraction of sp³-hybridized carbons (Fsp3) is 0.300. The van der Waals surface area contributed by atoms with Gasteiger partial charge in [0.1, 0.15) is 22.9 Å². The molecule has 0 radical (unpaired) electrons. The number of rotatable bonds is 5. The van der Waals surface area contributed by atoms with Gasteiger partial charge in [-0.15, -0.1) is 0 Å². The van der Waals surface area contributed by atoms with Crippen LogP contribution in [0.2, 0.25) is 0 Å². The highest BCUT2D eigenvalue weighted by Gasteiger charge is 2.28. The fourth-order valence-corrected chi connectivity index (χ4v) is 3.47. The van der Waals surface area contributed by atoms with E-state index in [4.69, 9.17) is 0 Å². The first-order chi connectivity index (χ1) is 14.5. The number of hydrogen-bond donors (Lipinski definition) is 3. The lowest BCUT2D eigenvalue weighted by Crippen LogP contribution is -2.56. The molecule has 2 aromatic carbocycles. The Hall–Kier alpha value is -3.53. The Bertz CT molecular complexity index is 1050. The predicted octanol–water partition coefficient (Wildman–Crippen LogP) is 0.536. The number of halogens is 1. The number of carbonyl (C=O) groups excluding carboxylic acids is 2. The number of carbonyl (C=O) groups is 2. The number of aromatic amines is 1. The number of H-pyrrole nitrogens is 1. The van der Waals surface area contributed by atoms with Crippen molar-refractivity contribution in [3.63, 3.8) is 0 Å². The van der Waals surface area contributed by atoms with E-state index in [2.05, 4.69) is 25.6 Å². The van der Waals surface area contributed by atoms with Crippen LogP contribution in [0, 0.1) is 5.82 Å². The first-order valence-corrected chi connectivity index (χ1v) is 9.57. The number of amides is 2. The Morgan fingerprint density at radius 3 is 2.47 bits per heavy atom. The maximum Gasteiger partial charge on any atom is 0.252 e. The topological polar surface area (TPSA) is 114 Å². The summed E-state index contributed by atoms with van der Waals surface area (Å²) in [7, 11) is 0. The summed E-state index contributed by atoms with van der Waals surface area (Å²) in [5.41, 5.74) is 2.37. The molecule has 1 saturated heterocycles. The van der Waals surface area contributed by atoms with Crippen molar-refractivity contribution in [2.75, 3.05) is 37.7 Å². The number of aliphatic hydroxyl groups is 1. The van der Waals surface area contributed by atoms with E-state index in [1.165, 1.54) is 12.1 Å². The highest BCUT2D eigenvalue weighted by Crippen LogP contribution is 2.17. The minimum Gasteiger partial charge on any atom is -0.394 e. The van der Waals surface area contributed by atoms with Crippen LogP contribution in [0.5, 0.6) is 0 Å². The van der Waals surface area contributed by atoms with Crippen LogP contribution in [0.1, 0.15) is 10.4 Å². The molecule has 2 amide bonds. The summed E-state index contributed by atoms with van der Waals surface area (Å²) in [4.78, 5) is 29.0. The average molecular weight is 412 g/mol. The van der Waals surface area contributed by atoms with Crippen molar-refractivity contribution in [3.8, 4) is 0 Å². The van der Waals surface area contributed by atoms with E-state index in [-0.39, 0.29) is 11.7 Å². The molecule has 0 aliphatic carbocycles. The van der Waals surface area contributed by atoms with Gasteiger partial charge in [0.2, 0.25) is 5.91 Å². The third kappa shape index (κ3) is 4.08. The Labute approximate surface area is 171 Å². The summed E-state index contributed by atoms with van der Waals surface area (Å²) in [6.07, 6.45) is 0.